The van der Waals surface area contributed by atoms with Gasteiger partial charge >= 0.3 is 5.97 Å². The molecule has 0 saturated heterocycles. The molecule has 14 heavy (non-hydrogen) atoms. The van der Waals surface area contributed by atoms with Crippen LogP contribution in [0.4, 0.5) is 0 Å². The third kappa shape index (κ3) is 1.18. The molecule has 2 aliphatic rings. The summed E-state index contributed by atoms with van der Waals surface area (Å²) in [5.74, 6) is -0.567. The lowest BCUT2D eigenvalue weighted by molar-refractivity contribution is -0.142. The number of alkyl halides is 1. The molecule has 3 atom stereocenters. The molecule has 0 aromatic heterocycles. The molecule has 4 heteroatoms. The number of carbonyl (C=O) groups excluding carboxylic acids is 2. The first kappa shape index (κ1) is 9.97. The predicted molar refractivity (Wildman–Crippen MR) is 51.1 cm³/mol. The van der Waals surface area contributed by atoms with Gasteiger partial charge in [-0.15, -0.1) is 11.6 Å². The van der Waals surface area contributed by atoms with Crippen molar-refractivity contribution in [2.75, 3.05) is 7.11 Å². The predicted octanol–water partition coefficient (Wildman–Crippen LogP) is 1.53. The topological polar surface area (TPSA) is 43.4 Å². The molecule has 0 bridgehead atoms. The maximum atomic E-state index is 11.6. The molecule has 0 amide bonds. The Kier molecular flexibility index (Phi) is 2.30. The van der Waals surface area contributed by atoms with Crippen molar-refractivity contribution in [1.82, 2.24) is 0 Å². The van der Waals surface area contributed by atoms with Crippen LogP contribution in [0.5, 0.6) is 0 Å². The Labute approximate surface area is 87.8 Å². The molecule has 78 valence electrons. The van der Waals surface area contributed by atoms with E-state index in [1.165, 1.54) is 7.11 Å². The molecule has 0 N–H and O–H groups in total. The van der Waals surface area contributed by atoms with E-state index in [4.69, 9.17) is 11.6 Å². The summed E-state index contributed by atoms with van der Waals surface area (Å²) in [4.78, 5) is 22.0. The van der Waals surface area contributed by atoms with Gasteiger partial charge in [-0.05, 0) is 12.8 Å². The first-order valence-electron chi connectivity index (χ1n) is 4.92. The molecular weight excluding hydrogens is 204 g/mol. The Morgan fingerprint density at radius 3 is 2.93 bits per heavy atom. The van der Waals surface area contributed by atoms with Gasteiger partial charge < -0.3 is 4.74 Å². The molecule has 0 spiro atoms. The maximum Gasteiger partial charge on any atom is 0.328 e. The van der Waals surface area contributed by atoms with Crippen LogP contribution in [0.3, 0.4) is 0 Å². The lowest BCUT2D eigenvalue weighted by Gasteiger charge is -2.08. The molecule has 0 aliphatic heterocycles. The largest absolute Gasteiger partial charge is 0.468 e. The van der Waals surface area contributed by atoms with Gasteiger partial charge in [0.05, 0.1) is 13.0 Å². The fourth-order valence-corrected chi connectivity index (χ4v) is 3.04. The average Bonchev–Trinajstić information content (AvgIpc) is 2.83. The number of methoxy groups -OCH3 is 1. The number of Topliss-reactive ketones (excluding diaryl/α,β-unsaturated/α-hetero) is 1. The van der Waals surface area contributed by atoms with Crippen LogP contribution in [0, 0.1) is 11.8 Å². The zero-order chi connectivity index (χ0) is 10.3. The maximum absolute atomic E-state index is 11.6. The Morgan fingerprint density at radius 1 is 1.57 bits per heavy atom. The van der Waals surface area contributed by atoms with Crippen LogP contribution in [-0.2, 0) is 14.3 Å². The summed E-state index contributed by atoms with van der Waals surface area (Å²) >= 11 is 6.14. The number of rotatable bonds is 1. The van der Waals surface area contributed by atoms with Gasteiger partial charge in [0.25, 0.3) is 0 Å². The van der Waals surface area contributed by atoms with Crippen molar-refractivity contribution in [3.63, 3.8) is 0 Å². The number of halogens is 1. The molecule has 0 aromatic rings. The molecule has 0 radical (unpaired) electrons. The number of ketones is 1. The molecule has 0 aromatic carbocycles. The van der Waals surface area contributed by atoms with Crippen LogP contribution in [0.15, 0.2) is 0 Å². The monoisotopic (exact) mass is 216 g/mol. The average molecular weight is 217 g/mol. The third-order valence-corrected chi connectivity index (χ3v) is 3.99. The summed E-state index contributed by atoms with van der Waals surface area (Å²) in [6.45, 7) is 0. The first-order chi connectivity index (χ1) is 6.62. The summed E-state index contributed by atoms with van der Waals surface area (Å²) in [7, 11) is 1.31. The number of ether oxygens (including phenoxy) is 1. The van der Waals surface area contributed by atoms with E-state index in [1.807, 2.05) is 0 Å². The molecule has 0 heterocycles. The molecule has 2 fully saturated rings. The normalized spacial score (nSPS) is 41.1. The molecular formula is C10H13ClO3. The highest BCUT2D eigenvalue weighted by molar-refractivity contribution is 6.39. The highest BCUT2D eigenvalue weighted by Crippen LogP contribution is 2.60. The Hall–Kier alpha value is -0.570. The van der Waals surface area contributed by atoms with Gasteiger partial charge in [0.15, 0.2) is 4.87 Å². The Balaban J connectivity index is 2.19. The molecule has 0 unspecified atom stereocenters. The van der Waals surface area contributed by atoms with E-state index < -0.39 is 10.8 Å². The number of fused-ring (bicyclic) bond motifs is 1. The minimum Gasteiger partial charge on any atom is -0.468 e. The summed E-state index contributed by atoms with van der Waals surface area (Å²) in [5.41, 5.74) is 0. The highest BCUT2D eigenvalue weighted by Gasteiger charge is 2.72. The van der Waals surface area contributed by atoms with Crippen LogP contribution in [-0.4, -0.2) is 23.7 Å². The third-order valence-electron chi connectivity index (χ3n) is 3.32. The van der Waals surface area contributed by atoms with E-state index in [2.05, 4.69) is 4.74 Å². The van der Waals surface area contributed by atoms with Crippen LogP contribution < -0.4 is 0 Å². The highest BCUT2D eigenvalue weighted by atomic mass is 35.5. The van der Waals surface area contributed by atoms with Crippen LogP contribution >= 0.6 is 11.6 Å². The van der Waals surface area contributed by atoms with E-state index in [1.54, 1.807) is 0 Å². The first-order valence-corrected chi connectivity index (χ1v) is 5.30. The van der Waals surface area contributed by atoms with Gasteiger partial charge in [-0.3, -0.25) is 9.59 Å². The van der Waals surface area contributed by atoms with Crippen molar-refractivity contribution >= 4 is 23.4 Å². The van der Waals surface area contributed by atoms with Gasteiger partial charge in [0.2, 0.25) is 0 Å². The van der Waals surface area contributed by atoms with Gasteiger partial charge in [0.1, 0.15) is 5.78 Å². The zero-order valence-corrected chi connectivity index (χ0v) is 8.84. The summed E-state index contributed by atoms with van der Waals surface area (Å²) in [6.07, 6.45) is 3.35. The standard InChI is InChI=1S/C10H13ClO3/c1-14-9(13)10(11)6-4-2-3-5-7(12)8(6)10/h6,8H,2-5H2,1H3/t6-,8-,10+/m1/s1. The van der Waals surface area contributed by atoms with Gasteiger partial charge in [-0.2, -0.15) is 0 Å². The SMILES string of the molecule is COC(=O)[C@]1(Cl)[C@@H]2CCCCC(=O)[C@@H]21. The van der Waals surface area contributed by atoms with E-state index >= 15 is 0 Å². The van der Waals surface area contributed by atoms with Crippen LogP contribution in [0.1, 0.15) is 25.7 Å². The number of hydrogen-bond acceptors (Lipinski definition) is 3. The second-order valence-electron chi connectivity index (χ2n) is 4.06. The lowest BCUT2D eigenvalue weighted by atomic mass is 10.1. The molecule has 3 nitrogen and oxygen atoms in total. The number of carbonyl (C=O) groups is 2. The van der Waals surface area contributed by atoms with Gasteiger partial charge in [0, 0.05) is 12.3 Å². The number of hydrogen-bond donors (Lipinski definition) is 0. The summed E-state index contributed by atoms with van der Waals surface area (Å²) in [5, 5.41) is 0. The van der Waals surface area contributed by atoms with Crippen molar-refractivity contribution in [2.24, 2.45) is 11.8 Å². The van der Waals surface area contributed by atoms with Crippen molar-refractivity contribution in [3.05, 3.63) is 0 Å². The van der Waals surface area contributed by atoms with E-state index in [-0.39, 0.29) is 17.6 Å². The smallest absolute Gasteiger partial charge is 0.328 e. The minimum atomic E-state index is -1.02. The quantitative estimate of drug-likeness (QED) is 0.493. The fourth-order valence-electron chi connectivity index (χ4n) is 2.51. The van der Waals surface area contributed by atoms with Crippen molar-refractivity contribution in [1.29, 1.82) is 0 Å². The fraction of sp³-hybridized carbons (Fsp3) is 0.800. The Morgan fingerprint density at radius 2 is 2.29 bits per heavy atom. The van der Waals surface area contributed by atoms with Crippen LogP contribution in [0.2, 0.25) is 0 Å². The second-order valence-corrected chi connectivity index (χ2v) is 4.68. The van der Waals surface area contributed by atoms with Crippen molar-refractivity contribution < 1.29 is 14.3 Å². The summed E-state index contributed by atoms with van der Waals surface area (Å²) in [6, 6.07) is 0. The minimum absolute atomic E-state index is 0.0200. The van der Waals surface area contributed by atoms with Gasteiger partial charge in [-0.1, -0.05) is 6.42 Å². The number of esters is 1. The molecule has 2 saturated carbocycles. The zero-order valence-electron chi connectivity index (χ0n) is 8.09. The molecule has 2 aliphatic carbocycles. The van der Waals surface area contributed by atoms with E-state index in [0.717, 1.165) is 19.3 Å². The van der Waals surface area contributed by atoms with E-state index in [9.17, 15) is 9.59 Å². The van der Waals surface area contributed by atoms with Crippen molar-refractivity contribution in [3.8, 4) is 0 Å². The summed E-state index contributed by atoms with van der Waals surface area (Å²) < 4.78 is 4.64. The lowest BCUT2D eigenvalue weighted by Crippen LogP contribution is -2.24. The molecule has 2 rings (SSSR count). The van der Waals surface area contributed by atoms with Crippen LogP contribution in [0.25, 0.3) is 0 Å². The van der Waals surface area contributed by atoms with Gasteiger partial charge in [-0.25, -0.2) is 0 Å². The van der Waals surface area contributed by atoms with E-state index in [0.29, 0.717) is 6.42 Å². The van der Waals surface area contributed by atoms with Crippen molar-refractivity contribution in [2.45, 2.75) is 30.6 Å². The Bertz CT molecular complexity index is 289. The second kappa shape index (κ2) is 3.23.